The highest BCUT2D eigenvalue weighted by Gasteiger charge is 2.06. The Hall–Kier alpha value is -2.36. The lowest BCUT2D eigenvalue weighted by Gasteiger charge is -2.11. The van der Waals surface area contributed by atoms with E-state index in [0.717, 1.165) is 17.0 Å². The van der Waals surface area contributed by atoms with Crippen LogP contribution in [-0.4, -0.2) is 5.11 Å². The van der Waals surface area contributed by atoms with E-state index in [1.54, 1.807) is 12.1 Å². The molecule has 5 heteroatoms. The molecule has 3 aromatic rings. The largest absolute Gasteiger partial charge is 0.505 e. The van der Waals surface area contributed by atoms with Gasteiger partial charge in [-0.15, -0.1) is 0 Å². The van der Waals surface area contributed by atoms with Crippen LogP contribution in [-0.2, 0) is 13.2 Å². The van der Waals surface area contributed by atoms with E-state index in [0.29, 0.717) is 13.2 Å². The lowest BCUT2D eigenvalue weighted by Crippen LogP contribution is -2.00. The van der Waals surface area contributed by atoms with Gasteiger partial charge in [-0.2, -0.15) is 0 Å². The van der Waals surface area contributed by atoms with Crippen LogP contribution < -0.4 is 10.1 Å². The number of phenolic OH excluding ortho intramolecular Hbond substituents is 1. The fraction of sp³-hybridized carbons (Fsp3) is 0.143. The summed E-state index contributed by atoms with van der Waals surface area (Å²) in [6.45, 7) is 3.24. The number of hydrogen-bond acceptors (Lipinski definition) is 3. The standard InChI is InChI=1S/C21H19Cl2NO2/c1-14-4-2-3-5-16(14)13-26-18-8-6-15(7-9-18)12-24-17-10-19(22)21(25)20(23)11-17/h2-11,24-25H,12-13H2,1H3. The van der Waals surface area contributed by atoms with Crippen LogP contribution in [0.2, 0.25) is 10.0 Å². The topological polar surface area (TPSA) is 41.5 Å². The summed E-state index contributed by atoms with van der Waals surface area (Å²) in [5, 5.41) is 13.3. The van der Waals surface area contributed by atoms with Crippen molar-refractivity contribution in [3.63, 3.8) is 0 Å². The molecule has 3 rings (SSSR count). The van der Waals surface area contributed by atoms with E-state index in [9.17, 15) is 5.11 Å². The van der Waals surface area contributed by atoms with Crippen LogP contribution in [0.1, 0.15) is 16.7 Å². The summed E-state index contributed by atoms with van der Waals surface area (Å²) in [6.07, 6.45) is 0. The van der Waals surface area contributed by atoms with Crippen molar-refractivity contribution in [2.24, 2.45) is 0 Å². The average Bonchev–Trinajstić information content (AvgIpc) is 2.64. The molecule has 0 radical (unpaired) electrons. The summed E-state index contributed by atoms with van der Waals surface area (Å²) in [5.41, 5.74) is 4.24. The molecule has 2 N–H and O–H groups in total. The molecule has 0 aromatic heterocycles. The van der Waals surface area contributed by atoms with Gasteiger partial charge in [-0.05, 0) is 47.9 Å². The lowest BCUT2D eigenvalue weighted by molar-refractivity contribution is 0.305. The van der Waals surface area contributed by atoms with Crippen molar-refractivity contribution >= 4 is 28.9 Å². The van der Waals surface area contributed by atoms with Gasteiger partial charge in [0.25, 0.3) is 0 Å². The van der Waals surface area contributed by atoms with Crippen LogP contribution in [0.15, 0.2) is 60.7 Å². The lowest BCUT2D eigenvalue weighted by atomic mass is 10.1. The summed E-state index contributed by atoms with van der Waals surface area (Å²) >= 11 is 11.9. The van der Waals surface area contributed by atoms with Crippen LogP contribution in [0.25, 0.3) is 0 Å². The van der Waals surface area contributed by atoms with Crippen molar-refractivity contribution in [2.45, 2.75) is 20.1 Å². The van der Waals surface area contributed by atoms with Crippen LogP contribution in [0, 0.1) is 6.92 Å². The van der Waals surface area contributed by atoms with E-state index in [4.69, 9.17) is 27.9 Å². The van der Waals surface area contributed by atoms with Gasteiger partial charge in [-0.25, -0.2) is 0 Å². The second-order valence-corrected chi connectivity index (χ2v) is 6.82. The van der Waals surface area contributed by atoms with E-state index < -0.39 is 0 Å². The van der Waals surface area contributed by atoms with E-state index in [1.807, 2.05) is 36.4 Å². The maximum Gasteiger partial charge on any atom is 0.152 e. The number of benzene rings is 3. The summed E-state index contributed by atoms with van der Waals surface area (Å²) in [4.78, 5) is 0. The molecule has 26 heavy (non-hydrogen) atoms. The number of anilines is 1. The summed E-state index contributed by atoms with van der Waals surface area (Å²) in [5.74, 6) is 0.724. The molecule has 0 saturated carbocycles. The first-order valence-corrected chi connectivity index (χ1v) is 8.96. The maximum atomic E-state index is 9.59. The quantitative estimate of drug-likeness (QED) is 0.494. The summed E-state index contributed by atoms with van der Waals surface area (Å²) < 4.78 is 5.85. The highest BCUT2D eigenvalue weighted by atomic mass is 35.5. The third-order valence-electron chi connectivity index (χ3n) is 4.09. The molecular formula is C21H19Cl2NO2. The van der Waals surface area contributed by atoms with Gasteiger partial charge < -0.3 is 15.2 Å². The van der Waals surface area contributed by atoms with Gasteiger partial charge in [0.1, 0.15) is 12.4 Å². The molecule has 0 saturated heterocycles. The molecule has 0 aliphatic heterocycles. The Morgan fingerprint density at radius 2 is 1.62 bits per heavy atom. The minimum Gasteiger partial charge on any atom is -0.505 e. The molecule has 0 amide bonds. The molecule has 0 atom stereocenters. The second kappa shape index (κ2) is 8.35. The Bertz CT molecular complexity index is 872. The Kier molecular flexibility index (Phi) is 5.92. The number of aromatic hydroxyl groups is 1. The van der Waals surface area contributed by atoms with E-state index >= 15 is 0 Å². The van der Waals surface area contributed by atoms with Gasteiger partial charge in [0, 0.05) is 12.2 Å². The van der Waals surface area contributed by atoms with Crippen molar-refractivity contribution in [3.8, 4) is 11.5 Å². The highest BCUT2D eigenvalue weighted by molar-refractivity contribution is 6.37. The molecule has 0 aliphatic carbocycles. The Morgan fingerprint density at radius 1 is 0.962 bits per heavy atom. The van der Waals surface area contributed by atoms with Gasteiger partial charge in [0.15, 0.2) is 5.75 Å². The molecule has 3 nitrogen and oxygen atoms in total. The van der Waals surface area contributed by atoms with Gasteiger partial charge in [0.05, 0.1) is 10.0 Å². The normalized spacial score (nSPS) is 10.6. The zero-order chi connectivity index (χ0) is 18.5. The van der Waals surface area contributed by atoms with E-state index in [2.05, 4.69) is 24.4 Å². The van der Waals surface area contributed by atoms with E-state index in [-0.39, 0.29) is 15.8 Å². The minimum atomic E-state index is -0.103. The van der Waals surface area contributed by atoms with E-state index in [1.165, 1.54) is 11.1 Å². The van der Waals surface area contributed by atoms with Crippen LogP contribution in [0.3, 0.4) is 0 Å². The first-order chi connectivity index (χ1) is 12.5. The van der Waals surface area contributed by atoms with Gasteiger partial charge in [-0.1, -0.05) is 59.6 Å². The number of ether oxygens (including phenoxy) is 1. The first-order valence-electron chi connectivity index (χ1n) is 8.21. The molecule has 0 unspecified atom stereocenters. The van der Waals surface area contributed by atoms with Gasteiger partial charge in [0.2, 0.25) is 0 Å². The minimum absolute atomic E-state index is 0.103. The number of rotatable bonds is 6. The van der Waals surface area contributed by atoms with Crippen LogP contribution >= 0.6 is 23.2 Å². The number of phenols is 1. The molecule has 0 fully saturated rings. The number of halogens is 2. The molecular weight excluding hydrogens is 369 g/mol. The zero-order valence-electron chi connectivity index (χ0n) is 14.3. The van der Waals surface area contributed by atoms with Crippen molar-refractivity contribution in [3.05, 3.63) is 87.4 Å². The predicted octanol–water partition coefficient (Wildman–Crippen LogP) is 6.20. The van der Waals surface area contributed by atoms with Crippen LogP contribution in [0.5, 0.6) is 11.5 Å². The van der Waals surface area contributed by atoms with Crippen molar-refractivity contribution in [1.82, 2.24) is 0 Å². The molecule has 0 spiro atoms. The van der Waals surface area contributed by atoms with Gasteiger partial charge >= 0.3 is 0 Å². The highest BCUT2D eigenvalue weighted by Crippen LogP contribution is 2.34. The van der Waals surface area contributed by atoms with Crippen molar-refractivity contribution in [1.29, 1.82) is 0 Å². The average molecular weight is 388 g/mol. The molecule has 3 aromatic carbocycles. The molecule has 0 bridgehead atoms. The van der Waals surface area contributed by atoms with Crippen LogP contribution in [0.4, 0.5) is 5.69 Å². The fourth-order valence-electron chi connectivity index (χ4n) is 2.51. The zero-order valence-corrected chi connectivity index (χ0v) is 15.8. The number of nitrogens with one attached hydrogen (secondary N) is 1. The molecule has 134 valence electrons. The first kappa shape index (κ1) is 18.4. The SMILES string of the molecule is Cc1ccccc1COc1ccc(CNc2cc(Cl)c(O)c(Cl)c2)cc1. The molecule has 0 heterocycles. The monoisotopic (exact) mass is 387 g/mol. The maximum absolute atomic E-state index is 9.59. The second-order valence-electron chi connectivity index (χ2n) is 6.00. The predicted molar refractivity (Wildman–Crippen MR) is 107 cm³/mol. The Balaban J connectivity index is 1.57. The third-order valence-corrected chi connectivity index (χ3v) is 4.67. The molecule has 0 aliphatic rings. The fourth-order valence-corrected chi connectivity index (χ4v) is 3.00. The Labute approximate surface area is 163 Å². The number of aryl methyl sites for hydroxylation is 1. The smallest absolute Gasteiger partial charge is 0.152 e. The summed E-state index contributed by atoms with van der Waals surface area (Å²) in [7, 11) is 0. The summed E-state index contributed by atoms with van der Waals surface area (Å²) in [6, 6.07) is 19.4. The number of hydrogen-bond donors (Lipinski definition) is 2. The Morgan fingerprint density at radius 3 is 2.27 bits per heavy atom. The third kappa shape index (κ3) is 4.63. The van der Waals surface area contributed by atoms with Gasteiger partial charge in [-0.3, -0.25) is 0 Å². The van der Waals surface area contributed by atoms with Crippen molar-refractivity contribution in [2.75, 3.05) is 5.32 Å². The van der Waals surface area contributed by atoms with Crippen molar-refractivity contribution < 1.29 is 9.84 Å².